The molecule has 0 aromatic heterocycles. The van der Waals surface area contributed by atoms with Crippen molar-refractivity contribution in [2.24, 2.45) is 0 Å². The van der Waals surface area contributed by atoms with Gasteiger partial charge in [-0.15, -0.1) is 0 Å². The SMILES string of the molecule is CC(C)(C)OC(=O)N1Cc2cc(C=O)cc(N[C@H]3CCOC3)c2C1. The second kappa shape index (κ2) is 6.43. The molecule has 0 unspecified atom stereocenters. The molecule has 1 atom stereocenters. The highest BCUT2D eigenvalue weighted by atomic mass is 16.6. The average molecular weight is 332 g/mol. The molecule has 1 aromatic carbocycles. The van der Waals surface area contributed by atoms with Gasteiger partial charge in [0.15, 0.2) is 0 Å². The molecule has 0 spiro atoms. The predicted octanol–water partition coefficient (Wildman–Crippen LogP) is 2.95. The minimum atomic E-state index is -0.526. The maximum absolute atomic E-state index is 12.3. The molecule has 1 saturated heterocycles. The van der Waals surface area contributed by atoms with Gasteiger partial charge in [-0.2, -0.15) is 0 Å². The Hall–Kier alpha value is -2.08. The van der Waals surface area contributed by atoms with Crippen LogP contribution in [0.2, 0.25) is 0 Å². The Morgan fingerprint density at radius 2 is 2.17 bits per heavy atom. The molecule has 2 aliphatic rings. The number of amides is 1. The number of rotatable bonds is 3. The van der Waals surface area contributed by atoms with Crippen molar-refractivity contribution in [3.05, 3.63) is 28.8 Å². The Morgan fingerprint density at radius 1 is 1.38 bits per heavy atom. The van der Waals surface area contributed by atoms with Crippen LogP contribution in [0.5, 0.6) is 0 Å². The molecular weight excluding hydrogens is 308 g/mol. The van der Waals surface area contributed by atoms with Gasteiger partial charge in [0.1, 0.15) is 11.9 Å². The summed E-state index contributed by atoms with van der Waals surface area (Å²) in [7, 11) is 0. The van der Waals surface area contributed by atoms with Crippen LogP contribution >= 0.6 is 0 Å². The van der Waals surface area contributed by atoms with Gasteiger partial charge in [-0.25, -0.2) is 4.79 Å². The lowest BCUT2D eigenvalue weighted by atomic mass is 10.0. The van der Waals surface area contributed by atoms with Crippen LogP contribution < -0.4 is 5.32 Å². The second-order valence-electron chi connectivity index (χ2n) is 7.37. The summed E-state index contributed by atoms with van der Waals surface area (Å²) in [5.41, 5.74) is 3.05. The van der Waals surface area contributed by atoms with E-state index in [1.54, 1.807) is 4.90 Å². The number of benzene rings is 1. The normalized spacial score (nSPS) is 20.0. The molecule has 24 heavy (non-hydrogen) atoms. The summed E-state index contributed by atoms with van der Waals surface area (Å²) < 4.78 is 10.9. The molecule has 3 rings (SSSR count). The van der Waals surface area contributed by atoms with E-state index in [0.29, 0.717) is 25.3 Å². The number of hydrogen-bond acceptors (Lipinski definition) is 5. The molecule has 0 saturated carbocycles. The van der Waals surface area contributed by atoms with Crippen molar-refractivity contribution in [1.29, 1.82) is 0 Å². The van der Waals surface area contributed by atoms with E-state index in [1.807, 2.05) is 32.9 Å². The number of nitrogens with one attached hydrogen (secondary N) is 1. The lowest BCUT2D eigenvalue weighted by Crippen LogP contribution is -2.33. The molecular formula is C18H24N2O4. The fourth-order valence-electron chi connectivity index (χ4n) is 3.06. The second-order valence-corrected chi connectivity index (χ2v) is 7.37. The molecule has 1 N–H and O–H groups in total. The summed E-state index contributed by atoms with van der Waals surface area (Å²) in [6.45, 7) is 7.91. The van der Waals surface area contributed by atoms with Gasteiger partial charge in [-0.05, 0) is 50.5 Å². The highest BCUT2D eigenvalue weighted by Gasteiger charge is 2.30. The summed E-state index contributed by atoms with van der Waals surface area (Å²) in [4.78, 5) is 25.2. The van der Waals surface area contributed by atoms with E-state index in [2.05, 4.69) is 5.32 Å². The van der Waals surface area contributed by atoms with Crippen molar-refractivity contribution in [3.63, 3.8) is 0 Å². The standard InChI is InChI=1S/C18H24N2O4/c1-18(2,3)24-17(22)20-8-13-6-12(10-21)7-16(15(13)9-20)19-14-4-5-23-11-14/h6-7,10,14,19H,4-5,8-9,11H2,1-3H3/t14-/m0/s1. The quantitative estimate of drug-likeness (QED) is 0.862. The summed E-state index contributed by atoms with van der Waals surface area (Å²) in [6, 6.07) is 3.94. The van der Waals surface area contributed by atoms with Crippen LogP contribution in [0.4, 0.5) is 10.5 Å². The Kier molecular flexibility index (Phi) is 4.49. The fourth-order valence-corrected chi connectivity index (χ4v) is 3.06. The van der Waals surface area contributed by atoms with Crippen LogP contribution in [0, 0.1) is 0 Å². The number of ether oxygens (including phenoxy) is 2. The molecule has 1 aromatic rings. The van der Waals surface area contributed by atoms with Gasteiger partial charge in [0, 0.05) is 24.4 Å². The minimum absolute atomic E-state index is 0.242. The Balaban J connectivity index is 1.81. The van der Waals surface area contributed by atoms with Crippen LogP contribution in [0.1, 0.15) is 48.7 Å². The third-order valence-electron chi connectivity index (χ3n) is 4.15. The summed E-state index contributed by atoms with van der Waals surface area (Å²) in [6.07, 6.45) is 1.45. The summed E-state index contributed by atoms with van der Waals surface area (Å²) >= 11 is 0. The first-order chi connectivity index (χ1) is 11.4. The van der Waals surface area contributed by atoms with Crippen molar-refractivity contribution in [3.8, 4) is 0 Å². The molecule has 0 aliphatic carbocycles. The van der Waals surface area contributed by atoms with Crippen molar-refractivity contribution < 1.29 is 19.1 Å². The van der Waals surface area contributed by atoms with Crippen molar-refractivity contribution >= 4 is 18.1 Å². The summed E-state index contributed by atoms with van der Waals surface area (Å²) in [5, 5.41) is 3.46. The lowest BCUT2D eigenvalue weighted by Gasteiger charge is -2.24. The van der Waals surface area contributed by atoms with E-state index in [0.717, 1.165) is 36.1 Å². The van der Waals surface area contributed by atoms with Gasteiger partial charge >= 0.3 is 6.09 Å². The molecule has 130 valence electrons. The number of anilines is 1. The highest BCUT2D eigenvalue weighted by molar-refractivity contribution is 5.80. The third kappa shape index (κ3) is 3.70. The summed E-state index contributed by atoms with van der Waals surface area (Å²) in [5.74, 6) is 0. The Bertz CT molecular complexity index is 645. The first kappa shape index (κ1) is 16.8. The number of carbonyl (C=O) groups excluding carboxylic acids is 2. The molecule has 6 nitrogen and oxygen atoms in total. The van der Waals surface area contributed by atoms with E-state index in [1.165, 1.54) is 0 Å². The molecule has 6 heteroatoms. The number of carbonyl (C=O) groups is 2. The van der Waals surface area contributed by atoms with E-state index in [4.69, 9.17) is 9.47 Å². The molecule has 0 radical (unpaired) electrons. The van der Waals surface area contributed by atoms with Crippen LogP contribution in [0.15, 0.2) is 12.1 Å². The van der Waals surface area contributed by atoms with Crippen molar-refractivity contribution in [2.75, 3.05) is 18.5 Å². The van der Waals surface area contributed by atoms with Gasteiger partial charge in [0.05, 0.1) is 19.2 Å². The van der Waals surface area contributed by atoms with Crippen LogP contribution in [0.25, 0.3) is 0 Å². The van der Waals surface area contributed by atoms with E-state index in [9.17, 15) is 9.59 Å². The first-order valence-electron chi connectivity index (χ1n) is 8.29. The number of fused-ring (bicyclic) bond motifs is 1. The molecule has 1 fully saturated rings. The zero-order valence-electron chi connectivity index (χ0n) is 14.4. The first-order valence-corrected chi connectivity index (χ1v) is 8.29. The maximum atomic E-state index is 12.3. The topological polar surface area (TPSA) is 67.9 Å². The zero-order valence-corrected chi connectivity index (χ0v) is 14.4. The largest absolute Gasteiger partial charge is 0.444 e. The van der Waals surface area contributed by atoms with Crippen LogP contribution in [-0.2, 0) is 22.6 Å². The van der Waals surface area contributed by atoms with Crippen LogP contribution in [-0.4, -0.2) is 42.1 Å². The number of aldehydes is 1. The van der Waals surface area contributed by atoms with Gasteiger partial charge in [-0.1, -0.05) is 0 Å². The van der Waals surface area contributed by atoms with E-state index < -0.39 is 5.60 Å². The van der Waals surface area contributed by atoms with Crippen molar-refractivity contribution in [1.82, 2.24) is 4.90 Å². The van der Waals surface area contributed by atoms with E-state index >= 15 is 0 Å². The third-order valence-corrected chi connectivity index (χ3v) is 4.15. The Labute approximate surface area is 142 Å². The smallest absolute Gasteiger partial charge is 0.410 e. The molecule has 2 aliphatic heterocycles. The Morgan fingerprint density at radius 3 is 2.79 bits per heavy atom. The fraction of sp³-hybridized carbons (Fsp3) is 0.556. The van der Waals surface area contributed by atoms with Gasteiger partial charge in [0.2, 0.25) is 0 Å². The van der Waals surface area contributed by atoms with Gasteiger partial charge < -0.3 is 14.8 Å². The monoisotopic (exact) mass is 332 g/mol. The number of hydrogen-bond donors (Lipinski definition) is 1. The molecule has 1 amide bonds. The average Bonchev–Trinajstić information content (AvgIpc) is 3.14. The number of nitrogens with zero attached hydrogens (tertiary/aromatic N) is 1. The van der Waals surface area contributed by atoms with Gasteiger partial charge in [-0.3, -0.25) is 9.69 Å². The van der Waals surface area contributed by atoms with Crippen LogP contribution in [0.3, 0.4) is 0 Å². The highest BCUT2D eigenvalue weighted by Crippen LogP contribution is 2.32. The zero-order chi connectivity index (χ0) is 17.3. The molecule has 2 heterocycles. The van der Waals surface area contributed by atoms with Crippen molar-refractivity contribution in [2.45, 2.75) is 51.9 Å². The minimum Gasteiger partial charge on any atom is -0.444 e. The molecule has 0 bridgehead atoms. The van der Waals surface area contributed by atoms with Gasteiger partial charge in [0.25, 0.3) is 0 Å². The maximum Gasteiger partial charge on any atom is 0.410 e. The predicted molar refractivity (Wildman–Crippen MR) is 90.2 cm³/mol. The lowest BCUT2D eigenvalue weighted by molar-refractivity contribution is 0.0242. The van der Waals surface area contributed by atoms with E-state index in [-0.39, 0.29) is 12.1 Å².